The van der Waals surface area contributed by atoms with Crippen LogP contribution in [-0.2, 0) is 28.7 Å². The molecule has 48 heavy (non-hydrogen) atoms. The number of nitrogens with zero attached hydrogens (tertiary/aromatic N) is 1. The second-order valence-electron chi connectivity index (χ2n) is 15.0. The maximum absolute atomic E-state index is 14.5. The fourth-order valence-electron chi connectivity index (χ4n) is 6.66. The average Bonchev–Trinajstić information content (AvgIpc) is 3.48. The fraction of sp³-hybridized carbons (Fsp3) is 0.778. The molecule has 12 nitrogen and oxygen atoms in total. The summed E-state index contributed by atoms with van der Waals surface area (Å²) in [5.74, 6) is -3.50. The van der Waals surface area contributed by atoms with E-state index in [-0.39, 0.29) is 42.5 Å². The van der Waals surface area contributed by atoms with Crippen LogP contribution in [0.2, 0.25) is 0 Å². The lowest BCUT2D eigenvalue weighted by Crippen LogP contribution is -2.61. The van der Waals surface area contributed by atoms with E-state index in [9.17, 15) is 28.8 Å². The molecule has 0 spiro atoms. The molecule has 1 aliphatic heterocycles. The summed E-state index contributed by atoms with van der Waals surface area (Å²) in [6.07, 6.45) is 8.06. The lowest BCUT2D eigenvalue weighted by atomic mass is 9.83. The van der Waals surface area contributed by atoms with E-state index in [0.29, 0.717) is 19.4 Å². The van der Waals surface area contributed by atoms with Gasteiger partial charge in [0.2, 0.25) is 17.6 Å². The van der Waals surface area contributed by atoms with Gasteiger partial charge in [-0.2, -0.15) is 0 Å². The maximum Gasteiger partial charge on any atom is 0.329 e. The van der Waals surface area contributed by atoms with Crippen LogP contribution < -0.4 is 21.3 Å². The van der Waals surface area contributed by atoms with E-state index in [1.165, 1.54) is 6.08 Å². The van der Waals surface area contributed by atoms with E-state index in [0.717, 1.165) is 38.5 Å². The smallest absolute Gasteiger partial charge is 0.329 e. The minimum absolute atomic E-state index is 0.0456. The summed E-state index contributed by atoms with van der Waals surface area (Å²) in [5.41, 5.74) is -0.739. The summed E-state index contributed by atoms with van der Waals surface area (Å²) >= 11 is 0. The Kier molecular flexibility index (Phi) is 16.1. The van der Waals surface area contributed by atoms with Crippen LogP contribution in [0, 0.1) is 23.7 Å². The molecule has 1 saturated carbocycles. The first kappa shape index (κ1) is 40.7. The van der Waals surface area contributed by atoms with Crippen LogP contribution >= 0.6 is 0 Å². The molecule has 1 heterocycles. The molecule has 2 aliphatic rings. The molecule has 2 rings (SSSR count). The topological polar surface area (TPSA) is 163 Å². The number of ketones is 1. The van der Waals surface area contributed by atoms with Crippen LogP contribution in [0.3, 0.4) is 0 Å². The number of hydrogen-bond donors (Lipinski definition) is 4. The van der Waals surface area contributed by atoms with Gasteiger partial charge in [-0.15, -0.1) is 6.58 Å². The van der Waals surface area contributed by atoms with Crippen molar-refractivity contribution in [2.45, 2.75) is 143 Å². The molecule has 5 amide bonds. The van der Waals surface area contributed by atoms with Crippen LogP contribution in [0.15, 0.2) is 12.7 Å². The van der Waals surface area contributed by atoms with Gasteiger partial charge >= 0.3 is 12.0 Å². The predicted molar refractivity (Wildman–Crippen MR) is 185 cm³/mol. The first-order valence-corrected chi connectivity index (χ1v) is 17.9. The second kappa shape index (κ2) is 18.9. The highest BCUT2D eigenvalue weighted by Crippen LogP contribution is 2.34. The number of likely N-dealkylation sites (tertiary alicyclic amines) is 1. The highest BCUT2D eigenvalue weighted by atomic mass is 16.6. The Labute approximate surface area is 287 Å². The van der Waals surface area contributed by atoms with Gasteiger partial charge in [0, 0.05) is 13.1 Å². The van der Waals surface area contributed by atoms with Crippen LogP contribution in [0.4, 0.5) is 4.79 Å². The molecular weight excluding hydrogens is 614 g/mol. The largest absolute Gasteiger partial charge is 0.458 e. The van der Waals surface area contributed by atoms with Gasteiger partial charge in [0.05, 0.1) is 6.04 Å². The number of carbonyl (C=O) groups excluding carboxylic acids is 6. The Bertz CT molecular complexity index is 1140. The number of unbranched alkanes of at least 4 members (excludes halogenated alkanes) is 1. The summed E-state index contributed by atoms with van der Waals surface area (Å²) in [4.78, 5) is 82.2. The van der Waals surface area contributed by atoms with Gasteiger partial charge in [-0.1, -0.05) is 72.8 Å². The zero-order chi connectivity index (χ0) is 36.2. The van der Waals surface area contributed by atoms with E-state index in [4.69, 9.17) is 4.74 Å². The maximum atomic E-state index is 14.5. The molecule has 2 unspecified atom stereocenters. The molecule has 0 aromatic heterocycles. The monoisotopic (exact) mass is 675 g/mol. The first-order valence-electron chi connectivity index (χ1n) is 17.9. The third-order valence-corrected chi connectivity index (χ3v) is 9.25. The lowest BCUT2D eigenvalue weighted by molar-refractivity contribution is -0.158. The number of carbonyl (C=O) groups is 6. The van der Waals surface area contributed by atoms with Crippen molar-refractivity contribution in [3.05, 3.63) is 12.7 Å². The van der Waals surface area contributed by atoms with Crippen molar-refractivity contribution in [2.75, 3.05) is 13.1 Å². The summed E-state index contributed by atoms with van der Waals surface area (Å²) in [6.45, 7) is 18.8. The van der Waals surface area contributed by atoms with E-state index in [1.54, 1.807) is 39.5 Å². The molecule has 1 saturated heterocycles. The van der Waals surface area contributed by atoms with Gasteiger partial charge in [-0.25, -0.2) is 9.59 Å². The highest BCUT2D eigenvalue weighted by Gasteiger charge is 2.47. The van der Waals surface area contributed by atoms with Gasteiger partial charge in [-0.05, 0) is 70.1 Å². The minimum atomic E-state index is -1.04. The Morgan fingerprint density at radius 3 is 2.12 bits per heavy atom. The van der Waals surface area contributed by atoms with Gasteiger partial charge in [-0.3, -0.25) is 19.2 Å². The molecule has 4 N–H and O–H groups in total. The van der Waals surface area contributed by atoms with Crippen molar-refractivity contribution >= 4 is 35.5 Å². The SMILES string of the molecule is C=CCNC(=O)C(=O)C(CCCC)NC(=O)[C@@H]1C(C(C)C)CCN1C(=O)[C@@H](NC(=O)N[C@H](C(=O)OC(C)(C)C)C(C)C)C1CCCCC1. The van der Waals surface area contributed by atoms with Crippen LogP contribution in [0.5, 0.6) is 0 Å². The van der Waals surface area contributed by atoms with E-state index >= 15 is 0 Å². The number of urea groups is 1. The minimum Gasteiger partial charge on any atom is -0.458 e. The van der Waals surface area contributed by atoms with Gasteiger partial charge < -0.3 is 30.9 Å². The molecule has 1 aliphatic carbocycles. The van der Waals surface area contributed by atoms with Crippen molar-refractivity contribution in [2.24, 2.45) is 23.7 Å². The number of hydrogen-bond acceptors (Lipinski definition) is 7. The van der Waals surface area contributed by atoms with Crippen molar-refractivity contribution in [3.63, 3.8) is 0 Å². The van der Waals surface area contributed by atoms with Crippen molar-refractivity contribution in [3.8, 4) is 0 Å². The molecule has 2 fully saturated rings. The molecule has 0 aromatic rings. The third-order valence-electron chi connectivity index (χ3n) is 9.25. The van der Waals surface area contributed by atoms with Crippen LogP contribution in [-0.4, -0.2) is 83.3 Å². The standard InChI is InChI=1S/C36H61N5O7/c1-10-12-18-26(30(42)32(44)37-20-11-2)38-31(43)29-25(22(3)4)19-21-41(29)33(45)28(24-16-14-13-15-17-24)40-35(47)39-27(23(5)6)34(46)48-36(7,8)9/h11,22-29H,2,10,12-21H2,1,3-9H3,(H,37,44)(H,38,43)(H2,39,40,47)/t25?,26?,27-,28-,29-/m0/s1. The van der Waals surface area contributed by atoms with Crippen molar-refractivity contribution in [1.82, 2.24) is 26.2 Å². The molecule has 272 valence electrons. The summed E-state index contributed by atoms with van der Waals surface area (Å²) in [7, 11) is 0. The van der Waals surface area contributed by atoms with E-state index in [2.05, 4.69) is 27.8 Å². The summed E-state index contributed by atoms with van der Waals surface area (Å²) in [6, 6.07) is -4.42. The van der Waals surface area contributed by atoms with Crippen LogP contribution in [0.25, 0.3) is 0 Å². The Hall–Kier alpha value is -3.44. The molecular formula is C36H61N5O7. The zero-order valence-electron chi connectivity index (χ0n) is 30.5. The normalized spacial score (nSPS) is 20.4. The van der Waals surface area contributed by atoms with E-state index in [1.807, 2.05) is 20.8 Å². The highest BCUT2D eigenvalue weighted by molar-refractivity contribution is 6.38. The molecule has 0 bridgehead atoms. The number of esters is 1. The number of ether oxygens (including phenoxy) is 1. The number of Topliss-reactive ketones (excluding diaryl/α,β-unsaturated/α-hetero) is 1. The van der Waals surface area contributed by atoms with Gasteiger partial charge in [0.25, 0.3) is 5.91 Å². The Morgan fingerprint density at radius 2 is 1.58 bits per heavy atom. The Balaban J connectivity index is 2.37. The van der Waals surface area contributed by atoms with Gasteiger partial charge in [0.15, 0.2) is 0 Å². The zero-order valence-corrected chi connectivity index (χ0v) is 30.5. The average molecular weight is 676 g/mol. The third kappa shape index (κ3) is 11.9. The predicted octanol–water partition coefficient (Wildman–Crippen LogP) is 4.02. The molecule has 5 atom stereocenters. The fourth-order valence-corrected chi connectivity index (χ4v) is 6.66. The molecule has 0 radical (unpaired) electrons. The van der Waals surface area contributed by atoms with E-state index < -0.39 is 59.4 Å². The number of rotatable bonds is 16. The summed E-state index contributed by atoms with van der Waals surface area (Å²) in [5, 5.41) is 11.0. The first-order chi connectivity index (χ1) is 22.5. The van der Waals surface area contributed by atoms with Crippen molar-refractivity contribution in [1.29, 1.82) is 0 Å². The Morgan fingerprint density at radius 1 is 0.938 bits per heavy atom. The van der Waals surface area contributed by atoms with Crippen LogP contribution in [0.1, 0.15) is 113 Å². The lowest BCUT2D eigenvalue weighted by Gasteiger charge is -2.36. The second-order valence-corrected chi connectivity index (χ2v) is 15.0. The quantitative estimate of drug-likeness (QED) is 0.109. The number of amides is 5. The van der Waals surface area contributed by atoms with Gasteiger partial charge in [0.1, 0.15) is 23.7 Å². The number of nitrogens with one attached hydrogen (secondary N) is 4. The van der Waals surface area contributed by atoms with Crippen molar-refractivity contribution < 1.29 is 33.5 Å². The molecule has 0 aromatic carbocycles. The summed E-state index contributed by atoms with van der Waals surface area (Å²) < 4.78 is 5.54. The molecule has 12 heteroatoms.